The predicted molar refractivity (Wildman–Crippen MR) is 435 cm³/mol. The highest BCUT2D eigenvalue weighted by Crippen LogP contribution is 2.32. The minimum atomic E-state index is -0.251. The molecule has 6 aromatic heterocycles. The van der Waals surface area contributed by atoms with E-state index in [4.69, 9.17) is 9.47 Å². The molecule has 12 heterocycles. The summed E-state index contributed by atoms with van der Waals surface area (Å²) in [6.45, 7) is 42.8. The predicted octanol–water partition coefficient (Wildman–Crippen LogP) is 14.3. The maximum atomic E-state index is 9.96. The van der Waals surface area contributed by atoms with Gasteiger partial charge in [0.25, 0.3) is 0 Å². The van der Waals surface area contributed by atoms with Gasteiger partial charge in [-0.1, -0.05) is 83.1 Å². The summed E-state index contributed by atoms with van der Waals surface area (Å²) >= 11 is 0. The van der Waals surface area contributed by atoms with Gasteiger partial charge in [-0.3, -0.25) is 29.9 Å². The third-order valence-electron chi connectivity index (χ3n) is 21.8. The number of piperidine rings is 6. The molecule has 12 atom stereocenters. The van der Waals surface area contributed by atoms with E-state index in [2.05, 4.69) is 243 Å². The molecule has 2 unspecified atom stereocenters. The van der Waals surface area contributed by atoms with Gasteiger partial charge in [-0.25, -0.2) is 0 Å². The third-order valence-corrected chi connectivity index (χ3v) is 21.8. The Hall–Kier alpha value is -6.62. The van der Waals surface area contributed by atoms with Crippen LogP contribution < -0.4 is 29.4 Å². The van der Waals surface area contributed by atoms with E-state index in [1.807, 2.05) is 37.2 Å². The second-order valence-electron chi connectivity index (χ2n) is 32.5. The van der Waals surface area contributed by atoms with Gasteiger partial charge in [-0.2, -0.15) is 0 Å². The number of ether oxygens (including phenoxy) is 2. The first-order valence-corrected chi connectivity index (χ1v) is 39.9. The van der Waals surface area contributed by atoms with Gasteiger partial charge >= 0.3 is 0 Å². The zero-order valence-electron chi connectivity index (χ0n) is 67.8. The van der Waals surface area contributed by atoms with E-state index in [-0.39, 0.29) is 48.5 Å². The standard InChI is InChI=1S/2C15H24N2O2.4C14H22N2O/c2*1-11(2)14-5-4-13(8-16-14)17-7-6-15(18)12(9-17)10-19-3;4*1-10(2)14-5-4-12(9-15-14)16-7-6-13(17)8-11(16)3/h2*4-5,8,11-12,15,18H,6-7,9-10H2,1-3H3;4*4-5,9-11,13,17H,6-8H2,1-3H3/t2*12-,15+;11-,13+;2*11-,13-;/m10110./s1. The minimum Gasteiger partial charge on any atom is -0.393 e. The van der Waals surface area contributed by atoms with Crippen molar-refractivity contribution in [2.75, 3.05) is 109 Å². The first kappa shape index (κ1) is 86.6. The summed E-state index contributed by atoms with van der Waals surface area (Å²) in [4.78, 5) is 40.9. The Morgan fingerprint density at radius 1 is 0.311 bits per heavy atom. The largest absolute Gasteiger partial charge is 0.393 e. The highest BCUT2D eigenvalue weighted by atomic mass is 16.5. The summed E-state index contributed by atoms with van der Waals surface area (Å²) in [5.41, 5.74) is 13.8. The molecule has 0 saturated carbocycles. The smallest absolute Gasteiger partial charge is 0.0624 e. The molecule has 0 aliphatic carbocycles. The zero-order chi connectivity index (χ0) is 77.3. The van der Waals surface area contributed by atoms with Gasteiger partial charge in [0.1, 0.15) is 0 Å². The molecule has 12 rings (SSSR count). The van der Waals surface area contributed by atoms with Crippen molar-refractivity contribution in [1.29, 1.82) is 0 Å². The fraction of sp³-hybridized carbons (Fsp3) is 0.651. The lowest BCUT2D eigenvalue weighted by atomic mass is 9.95. The van der Waals surface area contributed by atoms with Crippen LogP contribution in [-0.2, 0) is 9.47 Å². The Balaban J connectivity index is 0.000000178. The van der Waals surface area contributed by atoms with Crippen LogP contribution in [0.4, 0.5) is 34.1 Å². The van der Waals surface area contributed by atoms with Crippen LogP contribution in [0.25, 0.3) is 0 Å². The number of methoxy groups -OCH3 is 2. The van der Waals surface area contributed by atoms with Crippen LogP contribution in [0.15, 0.2) is 110 Å². The highest BCUT2D eigenvalue weighted by molar-refractivity contribution is 5.51. The molecule has 20 nitrogen and oxygen atoms in total. The number of anilines is 6. The Bertz CT molecular complexity index is 3020. The molecular weight excluding hydrogens is 1330 g/mol. The lowest BCUT2D eigenvalue weighted by Crippen LogP contribution is -2.45. The van der Waals surface area contributed by atoms with Gasteiger partial charge in [-0.15, -0.1) is 0 Å². The fourth-order valence-electron chi connectivity index (χ4n) is 14.9. The average molecular weight is 1470 g/mol. The Labute approximate surface area is 637 Å². The van der Waals surface area contributed by atoms with E-state index in [0.29, 0.717) is 72.9 Å². The maximum absolute atomic E-state index is 9.96. The van der Waals surface area contributed by atoms with Crippen molar-refractivity contribution < 1.29 is 40.1 Å². The third kappa shape index (κ3) is 26.3. The fourth-order valence-corrected chi connectivity index (χ4v) is 14.9. The lowest BCUT2D eigenvalue weighted by molar-refractivity contribution is 0.0357. The van der Waals surface area contributed by atoms with Crippen molar-refractivity contribution in [3.8, 4) is 0 Å². The molecule has 6 aliphatic rings. The number of hydrogen-bond acceptors (Lipinski definition) is 20. The molecule has 6 aromatic rings. The van der Waals surface area contributed by atoms with E-state index >= 15 is 0 Å². The summed E-state index contributed by atoms with van der Waals surface area (Å²) < 4.78 is 10.4. The highest BCUT2D eigenvalue weighted by Gasteiger charge is 2.32. The molecule has 6 fully saturated rings. The Kier molecular flexibility index (Phi) is 35.1. The molecule has 6 N–H and O–H groups in total. The molecule has 0 amide bonds. The van der Waals surface area contributed by atoms with E-state index < -0.39 is 0 Å². The van der Waals surface area contributed by atoms with Gasteiger partial charge in [0.2, 0.25) is 0 Å². The second-order valence-corrected chi connectivity index (χ2v) is 32.5. The van der Waals surface area contributed by atoms with Gasteiger partial charge < -0.3 is 69.5 Å². The lowest BCUT2D eigenvalue weighted by Gasteiger charge is -2.37. The summed E-state index contributed by atoms with van der Waals surface area (Å²) in [6.07, 6.45) is 19.1. The van der Waals surface area contributed by atoms with Crippen LogP contribution in [0.2, 0.25) is 0 Å². The van der Waals surface area contributed by atoms with Crippen molar-refractivity contribution in [3.05, 3.63) is 144 Å². The molecule has 0 radical (unpaired) electrons. The SMILES string of the molecule is CC(C)c1ccc(N2CCC(O)CC2C)cn1.CC(C)c1ccc(N2CC[C@@H](O)C[C@H]2C)cn1.CC(C)c1ccc(N2CC[C@H](O)C[C@@H]2C)cn1.CC(C)c1ccc(N2CC[C@H](O)C[C@H]2C)cn1.COC[C@@H]1CN(c2ccc(C(C)C)nc2)CC[C@H]1O.COC[C@H]1CN(c2ccc(C(C)C)nc2)CC[C@@H]1O. The molecule has 106 heavy (non-hydrogen) atoms. The van der Waals surface area contributed by atoms with Crippen LogP contribution in [0.1, 0.15) is 245 Å². The average Bonchev–Trinajstić information content (AvgIpc) is 0.900. The number of rotatable bonds is 16. The van der Waals surface area contributed by atoms with E-state index in [9.17, 15) is 30.6 Å². The molecule has 6 saturated heterocycles. The van der Waals surface area contributed by atoms with Crippen molar-refractivity contribution in [1.82, 2.24) is 29.9 Å². The van der Waals surface area contributed by atoms with Crippen molar-refractivity contribution in [3.63, 3.8) is 0 Å². The molecule has 0 bridgehead atoms. The Morgan fingerprint density at radius 3 is 0.689 bits per heavy atom. The maximum Gasteiger partial charge on any atom is 0.0624 e. The monoisotopic (exact) mass is 1470 g/mol. The summed E-state index contributed by atoms with van der Waals surface area (Å²) in [6, 6.07) is 27.1. The first-order chi connectivity index (χ1) is 50.5. The quantitative estimate of drug-likeness (QED) is 0.0528. The van der Waals surface area contributed by atoms with E-state index in [1.165, 1.54) is 22.7 Å². The second kappa shape index (κ2) is 43.0. The molecule has 0 aromatic carbocycles. The molecule has 588 valence electrons. The molecule has 0 spiro atoms. The Morgan fingerprint density at radius 2 is 0.519 bits per heavy atom. The van der Waals surface area contributed by atoms with E-state index in [1.54, 1.807) is 14.2 Å². The summed E-state index contributed by atoms with van der Waals surface area (Å²) in [5.74, 6) is 3.19. The van der Waals surface area contributed by atoms with Gasteiger partial charge in [0.05, 0.1) is 121 Å². The van der Waals surface area contributed by atoms with E-state index in [0.717, 1.165) is 162 Å². The number of hydrogen-bond donors (Lipinski definition) is 6. The van der Waals surface area contributed by atoms with Gasteiger partial charge in [0.15, 0.2) is 0 Å². The van der Waals surface area contributed by atoms with Crippen LogP contribution >= 0.6 is 0 Å². The minimum absolute atomic E-state index is 0.135. The summed E-state index contributed by atoms with van der Waals surface area (Å²) in [5, 5.41) is 58.4. The number of aliphatic hydroxyl groups is 6. The molecule has 6 aliphatic heterocycles. The normalized spacial score (nSPS) is 24.8. The topological polar surface area (TPSA) is 237 Å². The van der Waals surface area contributed by atoms with Gasteiger partial charge in [-0.05, 0) is 200 Å². The molecular formula is C86H136N12O8. The van der Waals surface area contributed by atoms with Crippen molar-refractivity contribution in [2.24, 2.45) is 11.8 Å². The number of aromatic nitrogens is 6. The summed E-state index contributed by atoms with van der Waals surface area (Å²) in [7, 11) is 3.37. The number of aliphatic hydroxyl groups excluding tert-OH is 6. The van der Waals surface area contributed by atoms with Crippen LogP contribution in [0.5, 0.6) is 0 Å². The first-order valence-electron chi connectivity index (χ1n) is 39.9. The number of pyridine rings is 6. The van der Waals surface area contributed by atoms with Crippen LogP contribution in [0, 0.1) is 11.8 Å². The van der Waals surface area contributed by atoms with Crippen LogP contribution in [0.3, 0.4) is 0 Å². The number of nitrogens with zero attached hydrogens (tertiary/aromatic N) is 12. The molecule has 20 heteroatoms. The zero-order valence-corrected chi connectivity index (χ0v) is 67.8. The van der Waals surface area contributed by atoms with Crippen molar-refractivity contribution >= 4 is 34.1 Å². The van der Waals surface area contributed by atoms with Crippen LogP contribution in [-0.4, -0.2) is 201 Å². The van der Waals surface area contributed by atoms with Crippen molar-refractivity contribution in [2.45, 2.75) is 271 Å². The van der Waals surface area contributed by atoms with Gasteiger partial charge in [0, 0.05) is 137 Å².